The van der Waals surface area contributed by atoms with E-state index < -0.39 is 0 Å². The third kappa shape index (κ3) is 5.84. The molecular formula is C8H10OW. The second kappa shape index (κ2) is 5.49. The molecule has 0 saturated carbocycles. The first-order valence-corrected chi connectivity index (χ1v) is 4.65. The molecule has 54 valence electrons. The van der Waals surface area contributed by atoms with E-state index in [9.17, 15) is 4.79 Å². The number of ketones is 1. The molecule has 0 amide bonds. The molecule has 0 spiro atoms. The molecule has 0 bridgehead atoms. The van der Waals surface area contributed by atoms with Gasteiger partial charge in [0.05, 0.1) is 0 Å². The number of hydrogen-bond acceptors (Lipinski definition) is 1. The standard InChI is InChI=1S/C8H10O.W/c1-4-5-7(2)6-8(3)9;/h1,4-5H,2,6H2,3H3;. The summed E-state index contributed by atoms with van der Waals surface area (Å²) in [5.41, 5.74) is 0.880. The summed E-state index contributed by atoms with van der Waals surface area (Å²) in [6.07, 6.45) is 4.26. The van der Waals surface area contributed by atoms with Crippen LogP contribution in [0.1, 0.15) is 13.3 Å². The zero-order chi connectivity index (χ0) is 7.98. The van der Waals surface area contributed by atoms with E-state index in [1.165, 1.54) is 19.4 Å². The first-order valence-electron chi connectivity index (χ1n) is 2.96. The van der Waals surface area contributed by atoms with Gasteiger partial charge in [-0.05, 0) is 0 Å². The quantitative estimate of drug-likeness (QED) is 0.718. The van der Waals surface area contributed by atoms with Gasteiger partial charge in [0.15, 0.2) is 0 Å². The van der Waals surface area contributed by atoms with Crippen LogP contribution in [0.3, 0.4) is 0 Å². The van der Waals surface area contributed by atoms with Crippen LogP contribution in [0.15, 0.2) is 24.3 Å². The van der Waals surface area contributed by atoms with Gasteiger partial charge in [0, 0.05) is 0 Å². The van der Waals surface area contributed by atoms with Gasteiger partial charge in [-0.1, -0.05) is 0 Å². The number of allylic oxidation sites excluding steroid dienone is 3. The molecule has 0 aromatic heterocycles. The Kier molecular flexibility index (Phi) is 5.33. The third-order valence-electron chi connectivity index (χ3n) is 0.887. The fourth-order valence-corrected chi connectivity index (χ4v) is 0.836. The number of hydrogen-bond donors (Lipinski definition) is 0. The molecular weight excluding hydrogens is 296 g/mol. The van der Waals surface area contributed by atoms with Crippen LogP contribution < -0.4 is 0 Å². The molecule has 0 aromatic rings. The fourth-order valence-electron chi connectivity index (χ4n) is 0.554. The Balaban J connectivity index is 3.75. The van der Waals surface area contributed by atoms with Crippen molar-refractivity contribution < 1.29 is 24.1 Å². The molecule has 0 aliphatic heterocycles. The Bertz CT molecular complexity index is 180. The Morgan fingerprint density at radius 1 is 1.70 bits per heavy atom. The van der Waals surface area contributed by atoms with Gasteiger partial charge in [-0.3, -0.25) is 0 Å². The van der Waals surface area contributed by atoms with Gasteiger partial charge in [0.2, 0.25) is 0 Å². The van der Waals surface area contributed by atoms with Crippen LogP contribution in [0.25, 0.3) is 0 Å². The van der Waals surface area contributed by atoms with Gasteiger partial charge in [-0.2, -0.15) is 0 Å². The van der Waals surface area contributed by atoms with Crippen molar-refractivity contribution in [1.29, 1.82) is 0 Å². The fraction of sp³-hybridized carbons (Fsp3) is 0.250. The molecule has 0 aliphatic carbocycles. The molecule has 0 heterocycles. The second-order valence-electron chi connectivity index (χ2n) is 2.03. The number of carbonyl (C=O) groups is 1. The molecule has 10 heavy (non-hydrogen) atoms. The van der Waals surface area contributed by atoms with Crippen LogP contribution in [0, 0.1) is 0 Å². The van der Waals surface area contributed by atoms with Gasteiger partial charge in [-0.25, -0.2) is 0 Å². The van der Waals surface area contributed by atoms with E-state index in [2.05, 4.69) is 6.58 Å². The van der Waals surface area contributed by atoms with E-state index in [1.54, 1.807) is 6.92 Å². The topological polar surface area (TPSA) is 17.1 Å². The van der Waals surface area contributed by atoms with Crippen molar-refractivity contribution in [2.45, 2.75) is 13.3 Å². The van der Waals surface area contributed by atoms with Crippen LogP contribution in [-0.4, -0.2) is 10.2 Å². The van der Waals surface area contributed by atoms with E-state index in [0.717, 1.165) is 5.57 Å². The summed E-state index contributed by atoms with van der Waals surface area (Å²) in [6, 6.07) is 0. The Labute approximate surface area is 72.2 Å². The second-order valence-corrected chi connectivity index (χ2v) is 3.01. The zero-order valence-electron chi connectivity index (χ0n) is 5.96. The van der Waals surface area contributed by atoms with Gasteiger partial charge in [-0.15, -0.1) is 0 Å². The van der Waals surface area contributed by atoms with E-state index in [-0.39, 0.29) is 5.78 Å². The van der Waals surface area contributed by atoms with E-state index in [0.29, 0.717) is 6.42 Å². The van der Waals surface area contributed by atoms with Gasteiger partial charge in [0.1, 0.15) is 0 Å². The molecule has 0 atom stereocenters. The Morgan fingerprint density at radius 2 is 2.30 bits per heavy atom. The van der Waals surface area contributed by atoms with Gasteiger partial charge < -0.3 is 0 Å². The summed E-state index contributed by atoms with van der Waals surface area (Å²) in [5, 5.41) is 0. The van der Waals surface area contributed by atoms with E-state index in [1.807, 2.05) is 16.6 Å². The minimum absolute atomic E-state index is 0.165. The molecule has 0 radical (unpaired) electrons. The molecule has 0 aromatic carbocycles. The van der Waals surface area contributed by atoms with Crippen LogP contribution >= 0.6 is 0 Å². The first-order chi connectivity index (χ1) is 4.66. The first kappa shape index (κ1) is 9.71. The Hall–Kier alpha value is -0.292. The van der Waals surface area contributed by atoms with Gasteiger partial charge in [0.25, 0.3) is 0 Å². The molecule has 0 unspecified atom stereocenters. The van der Waals surface area contributed by atoms with Crippen molar-refractivity contribution in [1.82, 2.24) is 0 Å². The van der Waals surface area contributed by atoms with E-state index >= 15 is 0 Å². The van der Waals surface area contributed by atoms with Crippen molar-refractivity contribution in [3.05, 3.63) is 24.3 Å². The minimum atomic E-state index is 0.165. The normalized spacial score (nSPS) is 9.70. The third-order valence-corrected chi connectivity index (χ3v) is 1.45. The zero-order valence-corrected chi connectivity index (χ0v) is 8.90. The van der Waals surface area contributed by atoms with Crippen molar-refractivity contribution in [2.75, 3.05) is 0 Å². The van der Waals surface area contributed by atoms with Crippen molar-refractivity contribution in [2.24, 2.45) is 0 Å². The summed E-state index contributed by atoms with van der Waals surface area (Å²) < 4.78 is 1.99. The Morgan fingerprint density at radius 3 is 2.70 bits per heavy atom. The number of Topliss-reactive ketones (excluding diaryl/α,β-unsaturated/α-hetero) is 1. The average molecular weight is 306 g/mol. The summed E-state index contributed by atoms with van der Waals surface area (Å²) in [7, 11) is 0. The summed E-state index contributed by atoms with van der Waals surface area (Å²) in [6.45, 7) is 5.28. The number of carbonyl (C=O) groups excluding carboxylic acids is 1. The molecule has 1 nitrogen and oxygen atoms in total. The molecule has 0 fully saturated rings. The molecule has 0 aliphatic rings. The molecule has 0 saturated heterocycles. The maximum absolute atomic E-state index is 10.5. The van der Waals surface area contributed by atoms with E-state index in [4.69, 9.17) is 0 Å². The van der Waals surface area contributed by atoms with Crippen molar-refractivity contribution in [3.8, 4) is 0 Å². The summed E-state index contributed by atoms with van der Waals surface area (Å²) in [5.74, 6) is 0.165. The predicted octanol–water partition coefficient (Wildman–Crippen LogP) is 1.43. The van der Waals surface area contributed by atoms with Crippen LogP contribution in [0.5, 0.6) is 0 Å². The SMILES string of the molecule is C=C(C=C[CH]=[W])CC(C)=O. The van der Waals surface area contributed by atoms with Crippen LogP contribution in [0.4, 0.5) is 0 Å². The molecule has 0 rings (SSSR count). The summed E-state index contributed by atoms with van der Waals surface area (Å²) >= 11 is 1.40. The van der Waals surface area contributed by atoms with Gasteiger partial charge >= 0.3 is 72.0 Å². The van der Waals surface area contributed by atoms with Crippen LogP contribution in [0.2, 0.25) is 0 Å². The van der Waals surface area contributed by atoms with Crippen molar-refractivity contribution >= 4 is 10.2 Å². The molecule has 0 N–H and O–H groups in total. The molecule has 2 heteroatoms. The monoisotopic (exact) mass is 306 g/mol. The predicted molar refractivity (Wildman–Crippen MR) is 39.6 cm³/mol. The maximum atomic E-state index is 10.5. The van der Waals surface area contributed by atoms with Crippen molar-refractivity contribution in [3.63, 3.8) is 0 Å². The van der Waals surface area contributed by atoms with Crippen LogP contribution in [-0.2, 0) is 24.1 Å². The summed E-state index contributed by atoms with van der Waals surface area (Å²) in [4.78, 5) is 10.5. The average Bonchev–Trinajstić information content (AvgIpc) is 1.82. The number of rotatable bonds is 4.